The molecule has 0 atom stereocenters. The van der Waals surface area contributed by atoms with Crippen molar-refractivity contribution < 1.29 is 0 Å². The van der Waals surface area contributed by atoms with E-state index in [1.807, 2.05) is 7.05 Å². The predicted molar refractivity (Wildman–Crippen MR) is 73.3 cm³/mol. The molecule has 4 heteroatoms. The molecule has 84 valence electrons. The van der Waals surface area contributed by atoms with Gasteiger partial charge in [0.15, 0.2) is 5.13 Å². The molecule has 0 aliphatic rings. The molecule has 0 unspecified atom stereocenters. The van der Waals surface area contributed by atoms with E-state index in [-0.39, 0.29) is 0 Å². The van der Waals surface area contributed by atoms with E-state index in [1.54, 1.807) is 11.3 Å². The minimum absolute atomic E-state index is 0.937. The summed E-state index contributed by atoms with van der Waals surface area (Å²) >= 11 is 5.19. The Balaban J connectivity index is 2.27. The molecule has 1 N–H and O–H groups in total. The lowest BCUT2D eigenvalue weighted by Gasteiger charge is -2.03. The third-order valence-corrected chi connectivity index (χ3v) is 4.47. The van der Waals surface area contributed by atoms with Crippen molar-refractivity contribution in [2.75, 3.05) is 12.4 Å². The lowest BCUT2D eigenvalue weighted by molar-refractivity contribution is 1.16. The standard InChI is InChI=1S/C12H13BrN2S/c1-8-5-3-4-6-9(8)7-10-11(13)15-12(14-2)16-10/h3-6H,7H2,1-2H3,(H,14,15). The van der Waals surface area contributed by atoms with Gasteiger partial charge in [-0.15, -0.1) is 11.3 Å². The van der Waals surface area contributed by atoms with Crippen molar-refractivity contribution >= 4 is 32.4 Å². The lowest BCUT2D eigenvalue weighted by Crippen LogP contribution is -1.89. The van der Waals surface area contributed by atoms with Crippen molar-refractivity contribution in [3.8, 4) is 0 Å². The van der Waals surface area contributed by atoms with Crippen LogP contribution in [0.1, 0.15) is 16.0 Å². The van der Waals surface area contributed by atoms with Crippen LogP contribution in [0.3, 0.4) is 0 Å². The minimum Gasteiger partial charge on any atom is -0.365 e. The molecule has 1 aromatic heterocycles. The van der Waals surface area contributed by atoms with Gasteiger partial charge in [0, 0.05) is 18.3 Å². The molecule has 0 bridgehead atoms. The first kappa shape index (κ1) is 11.6. The second-order valence-electron chi connectivity index (χ2n) is 3.59. The van der Waals surface area contributed by atoms with Crippen LogP contribution in [0, 0.1) is 6.92 Å². The first-order chi connectivity index (χ1) is 7.70. The summed E-state index contributed by atoms with van der Waals surface area (Å²) in [4.78, 5) is 5.64. The van der Waals surface area contributed by atoms with Gasteiger partial charge in [0.1, 0.15) is 4.60 Å². The third-order valence-electron chi connectivity index (χ3n) is 2.48. The molecule has 1 aromatic carbocycles. The Bertz CT molecular complexity index is 494. The molecule has 2 nitrogen and oxygen atoms in total. The molecule has 0 saturated heterocycles. The Hall–Kier alpha value is -0.870. The molecule has 2 aromatic rings. The SMILES string of the molecule is CNc1nc(Br)c(Cc2ccccc2C)s1. The molecule has 2 rings (SSSR count). The zero-order valence-electron chi connectivity index (χ0n) is 9.25. The smallest absolute Gasteiger partial charge is 0.183 e. The fourth-order valence-corrected chi connectivity index (χ4v) is 3.04. The summed E-state index contributed by atoms with van der Waals surface area (Å²) in [5, 5.41) is 4.02. The van der Waals surface area contributed by atoms with Crippen LogP contribution < -0.4 is 5.32 Å². The summed E-state index contributed by atoms with van der Waals surface area (Å²) in [6, 6.07) is 8.46. The van der Waals surface area contributed by atoms with E-state index in [4.69, 9.17) is 0 Å². The number of aromatic nitrogens is 1. The van der Waals surface area contributed by atoms with Crippen LogP contribution in [-0.4, -0.2) is 12.0 Å². The van der Waals surface area contributed by atoms with Crippen LogP contribution >= 0.6 is 27.3 Å². The number of hydrogen-bond acceptors (Lipinski definition) is 3. The number of nitrogens with one attached hydrogen (secondary N) is 1. The summed E-state index contributed by atoms with van der Waals surface area (Å²) in [7, 11) is 1.89. The van der Waals surface area contributed by atoms with Crippen molar-refractivity contribution in [3.63, 3.8) is 0 Å². The van der Waals surface area contributed by atoms with Crippen LogP contribution in [0.25, 0.3) is 0 Å². The van der Waals surface area contributed by atoms with Crippen LogP contribution in [0.5, 0.6) is 0 Å². The van der Waals surface area contributed by atoms with Crippen molar-refractivity contribution in [3.05, 3.63) is 44.9 Å². The number of anilines is 1. The third kappa shape index (κ3) is 2.44. The van der Waals surface area contributed by atoms with Gasteiger partial charge in [0.05, 0.1) is 0 Å². The Morgan fingerprint density at radius 3 is 2.75 bits per heavy atom. The van der Waals surface area contributed by atoms with Crippen molar-refractivity contribution in [1.29, 1.82) is 0 Å². The highest BCUT2D eigenvalue weighted by atomic mass is 79.9. The quantitative estimate of drug-likeness (QED) is 0.931. The average Bonchev–Trinajstić information content (AvgIpc) is 2.63. The number of nitrogens with zero attached hydrogens (tertiary/aromatic N) is 1. The molecular formula is C12H13BrN2S. The first-order valence-corrected chi connectivity index (χ1v) is 6.69. The van der Waals surface area contributed by atoms with E-state index >= 15 is 0 Å². The van der Waals surface area contributed by atoms with E-state index in [9.17, 15) is 0 Å². The Morgan fingerprint density at radius 2 is 2.12 bits per heavy atom. The summed E-state index contributed by atoms with van der Waals surface area (Å²) in [6.07, 6.45) is 0.937. The van der Waals surface area contributed by atoms with Gasteiger partial charge in [-0.2, -0.15) is 0 Å². The highest BCUT2D eigenvalue weighted by molar-refractivity contribution is 9.10. The number of benzene rings is 1. The largest absolute Gasteiger partial charge is 0.365 e. The second-order valence-corrected chi connectivity index (χ2v) is 5.42. The molecule has 0 fully saturated rings. The Kier molecular flexibility index (Phi) is 3.61. The topological polar surface area (TPSA) is 24.9 Å². The van der Waals surface area contributed by atoms with Gasteiger partial charge >= 0.3 is 0 Å². The fourth-order valence-electron chi connectivity index (χ4n) is 1.53. The number of thiazole rings is 1. The van der Waals surface area contributed by atoms with E-state index in [1.165, 1.54) is 16.0 Å². The maximum absolute atomic E-state index is 4.38. The zero-order valence-corrected chi connectivity index (χ0v) is 11.7. The van der Waals surface area contributed by atoms with Crippen LogP contribution in [0.2, 0.25) is 0 Å². The molecule has 0 spiro atoms. The zero-order chi connectivity index (χ0) is 11.5. The van der Waals surface area contributed by atoms with Crippen LogP contribution in [0.15, 0.2) is 28.9 Å². The van der Waals surface area contributed by atoms with Gasteiger partial charge in [-0.25, -0.2) is 4.98 Å². The van der Waals surface area contributed by atoms with Gasteiger partial charge in [-0.3, -0.25) is 0 Å². The molecule has 16 heavy (non-hydrogen) atoms. The monoisotopic (exact) mass is 296 g/mol. The van der Waals surface area contributed by atoms with E-state index in [2.05, 4.69) is 57.4 Å². The maximum Gasteiger partial charge on any atom is 0.183 e. The maximum atomic E-state index is 4.38. The summed E-state index contributed by atoms with van der Waals surface area (Å²) < 4.78 is 0.949. The lowest BCUT2D eigenvalue weighted by atomic mass is 10.1. The molecule has 0 amide bonds. The summed E-state index contributed by atoms with van der Waals surface area (Å²) in [5.41, 5.74) is 2.68. The van der Waals surface area contributed by atoms with Gasteiger partial charge in [-0.1, -0.05) is 24.3 Å². The Morgan fingerprint density at radius 1 is 1.38 bits per heavy atom. The average molecular weight is 297 g/mol. The van der Waals surface area contributed by atoms with Crippen molar-refractivity contribution in [1.82, 2.24) is 4.98 Å². The Labute approximate surface area is 108 Å². The highest BCUT2D eigenvalue weighted by Gasteiger charge is 2.09. The molecule has 0 aliphatic heterocycles. The normalized spacial score (nSPS) is 10.4. The van der Waals surface area contributed by atoms with Crippen molar-refractivity contribution in [2.24, 2.45) is 0 Å². The van der Waals surface area contributed by atoms with E-state index in [0.29, 0.717) is 0 Å². The highest BCUT2D eigenvalue weighted by Crippen LogP contribution is 2.29. The molecule has 1 heterocycles. The van der Waals surface area contributed by atoms with Gasteiger partial charge < -0.3 is 5.32 Å². The van der Waals surface area contributed by atoms with Gasteiger partial charge in [-0.05, 0) is 34.0 Å². The predicted octanol–water partition coefficient (Wildman–Crippen LogP) is 3.85. The number of halogens is 1. The summed E-state index contributed by atoms with van der Waals surface area (Å²) in [5.74, 6) is 0. The first-order valence-electron chi connectivity index (χ1n) is 5.08. The number of hydrogen-bond donors (Lipinski definition) is 1. The van der Waals surface area contributed by atoms with Crippen LogP contribution in [0.4, 0.5) is 5.13 Å². The molecule has 0 aliphatic carbocycles. The number of aryl methyl sites for hydroxylation is 1. The van der Waals surface area contributed by atoms with E-state index < -0.39 is 0 Å². The minimum atomic E-state index is 0.937. The van der Waals surface area contributed by atoms with Crippen molar-refractivity contribution in [2.45, 2.75) is 13.3 Å². The second kappa shape index (κ2) is 4.97. The van der Waals surface area contributed by atoms with E-state index in [0.717, 1.165) is 16.2 Å². The summed E-state index contributed by atoms with van der Waals surface area (Å²) in [6.45, 7) is 2.14. The van der Waals surface area contributed by atoms with Crippen LogP contribution in [-0.2, 0) is 6.42 Å². The fraction of sp³-hybridized carbons (Fsp3) is 0.250. The molecular weight excluding hydrogens is 284 g/mol. The van der Waals surface area contributed by atoms with Gasteiger partial charge in [0.25, 0.3) is 0 Å². The molecule has 0 radical (unpaired) electrons. The van der Waals surface area contributed by atoms with Gasteiger partial charge in [0.2, 0.25) is 0 Å². The number of rotatable bonds is 3. The molecule has 0 saturated carbocycles.